The second-order valence-corrected chi connectivity index (χ2v) is 5.45. The molecule has 0 bridgehead atoms. The molecule has 0 aliphatic carbocycles. The lowest BCUT2D eigenvalue weighted by Crippen LogP contribution is -2.02. The molecule has 3 nitrogen and oxygen atoms in total. The van der Waals surface area contributed by atoms with Crippen molar-refractivity contribution in [2.45, 2.75) is 6.92 Å². The van der Waals surface area contributed by atoms with Gasteiger partial charge < -0.3 is 0 Å². The summed E-state index contributed by atoms with van der Waals surface area (Å²) in [5, 5.41) is 6.83. The lowest BCUT2D eigenvalue weighted by molar-refractivity contribution is 0.104. The average molecular weight is 342 g/mol. The Balaban J connectivity index is 1.80. The van der Waals surface area contributed by atoms with E-state index in [1.54, 1.807) is 18.2 Å². The summed E-state index contributed by atoms with van der Waals surface area (Å²) < 4.78 is 39.6. The molecular formula is C19H13F3N2O. The molecule has 2 aromatic carbocycles. The summed E-state index contributed by atoms with van der Waals surface area (Å²) in [6.07, 6.45) is 2.74. The quantitative estimate of drug-likeness (QED) is 0.552. The summed E-state index contributed by atoms with van der Waals surface area (Å²) in [6, 6.07) is 9.70. The summed E-state index contributed by atoms with van der Waals surface area (Å²) in [7, 11) is 0. The van der Waals surface area contributed by atoms with Gasteiger partial charge in [-0.3, -0.25) is 9.89 Å². The fraction of sp³-hybridized carbons (Fsp3) is 0.0526. The highest BCUT2D eigenvalue weighted by molar-refractivity contribution is 6.07. The molecule has 1 N–H and O–H groups in total. The first-order valence-electron chi connectivity index (χ1n) is 7.44. The van der Waals surface area contributed by atoms with Crippen LogP contribution in [0.1, 0.15) is 21.6 Å². The highest BCUT2D eigenvalue weighted by Crippen LogP contribution is 2.20. The Kier molecular flexibility index (Phi) is 4.52. The molecule has 1 aromatic heterocycles. The van der Waals surface area contributed by atoms with Gasteiger partial charge in [0, 0.05) is 11.1 Å². The SMILES string of the molecule is Cc1c(C(=O)/C=C/c2cc(-c3ccc(F)cc3)n[nH]2)ccc(F)c1F. The molecule has 0 aliphatic rings. The van der Waals surface area contributed by atoms with Crippen LogP contribution in [0.3, 0.4) is 0 Å². The van der Waals surface area contributed by atoms with Crippen LogP contribution in [0, 0.1) is 24.4 Å². The van der Waals surface area contributed by atoms with E-state index in [-0.39, 0.29) is 16.9 Å². The maximum atomic E-state index is 13.5. The van der Waals surface area contributed by atoms with Gasteiger partial charge in [-0.05, 0) is 67.1 Å². The van der Waals surface area contributed by atoms with Gasteiger partial charge in [0.15, 0.2) is 17.4 Å². The van der Waals surface area contributed by atoms with E-state index in [1.165, 1.54) is 37.3 Å². The largest absolute Gasteiger partial charge is 0.289 e. The number of carbonyl (C=O) groups is 1. The van der Waals surface area contributed by atoms with Gasteiger partial charge in [0.05, 0.1) is 11.4 Å². The van der Waals surface area contributed by atoms with E-state index in [0.29, 0.717) is 11.4 Å². The third-order valence-corrected chi connectivity index (χ3v) is 3.76. The van der Waals surface area contributed by atoms with Gasteiger partial charge in [-0.15, -0.1) is 0 Å². The van der Waals surface area contributed by atoms with Crippen LogP contribution in [0.15, 0.2) is 48.5 Å². The molecule has 0 spiro atoms. The van der Waals surface area contributed by atoms with Crippen molar-refractivity contribution < 1.29 is 18.0 Å². The molecule has 0 unspecified atom stereocenters. The molecule has 3 aromatic rings. The number of rotatable bonds is 4. The molecule has 0 radical (unpaired) electrons. The monoisotopic (exact) mass is 342 g/mol. The average Bonchev–Trinajstić information content (AvgIpc) is 3.07. The maximum Gasteiger partial charge on any atom is 0.186 e. The van der Waals surface area contributed by atoms with Gasteiger partial charge in [-0.25, -0.2) is 13.2 Å². The number of nitrogens with one attached hydrogen (secondary N) is 1. The first-order chi connectivity index (χ1) is 12.0. The summed E-state index contributed by atoms with van der Waals surface area (Å²) >= 11 is 0. The Morgan fingerprint density at radius 3 is 2.52 bits per heavy atom. The lowest BCUT2D eigenvalue weighted by Gasteiger charge is -2.03. The van der Waals surface area contributed by atoms with E-state index >= 15 is 0 Å². The van der Waals surface area contributed by atoms with E-state index in [4.69, 9.17) is 0 Å². The fourth-order valence-corrected chi connectivity index (χ4v) is 2.36. The molecule has 1 heterocycles. The zero-order chi connectivity index (χ0) is 18.0. The van der Waals surface area contributed by atoms with Crippen molar-refractivity contribution in [2.75, 3.05) is 0 Å². The number of H-pyrrole nitrogens is 1. The van der Waals surface area contributed by atoms with Crippen LogP contribution in [0.2, 0.25) is 0 Å². The van der Waals surface area contributed by atoms with Crippen molar-refractivity contribution in [1.82, 2.24) is 10.2 Å². The highest BCUT2D eigenvalue weighted by Gasteiger charge is 2.13. The molecule has 25 heavy (non-hydrogen) atoms. The van der Waals surface area contributed by atoms with E-state index < -0.39 is 17.4 Å². The third-order valence-electron chi connectivity index (χ3n) is 3.76. The zero-order valence-electron chi connectivity index (χ0n) is 13.2. The van der Waals surface area contributed by atoms with Crippen molar-refractivity contribution in [2.24, 2.45) is 0 Å². The second-order valence-electron chi connectivity index (χ2n) is 5.45. The topological polar surface area (TPSA) is 45.8 Å². The van der Waals surface area contributed by atoms with Gasteiger partial charge in [0.1, 0.15) is 5.82 Å². The van der Waals surface area contributed by atoms with Gasteiger partial charge in [0.2, 0.25) is 0 Å². The van der Waals surface area contributed by atoms with E-state index in [0.717, 1.165) is 11.6 Å². The van der Waals surface area contributed by atoms with Gasteiger partial charge in [-0.1, -0.05) is 0 Å². The lowest BCUT2D eigenvalue weighted by atomic mass is 10.0. The van der Waals surface area contributed by atoms with Crippen LogP contribution in [0.5, 0.6) is 0 Å². The van der Waals surface area contributed by atoms with Crippen LogP contribution < -0.4 is 0 Å². The number of ketones is 1. The number of benzene rings is 2. The standard InChI is InChI=1S/C19H13F3N2O/c1-11-15(7-8-16(21)19(11)22)18(25)9-6-14-10-17(24-23-14)12-2-4-13(20)5-3-12/h2-10H,1H3,(H,23,24)/b9-6+. The molecule has 0 saturated heterocycles. The molecule has 0 amide bonds. The number of halogens is 3. The van der Waals surface area contributed by atoms with E-state index in [2.05, 4.69) is 10.2 Å². The first kappa shape index (κ1) is 16.7. The Labute approximate surface area is 141 Å². The van der Waals surface area contributed by atoms with E-state index in [9.17, 15) is 18.0 Å². The van der Waals surface area contributed by atoms with Crippen molar-refractivity contribution in [3.63, 3.8) is 0 Å². The molecule has 6 heteroatoms. The minimum absolute atomic E-state index is 0.0359. The number of allylic oxidation sites excluding steroid dienone is 1. The van der Waals surface area contributed by atoms with Crippen LogP contribution in [-0.4, -0.2) is 16.0 Å². The normalized spacial score (nSPS) is 11.2. The number of hydrogen-bond acceptors (Lipinski definition) is 2. The van der Waals surface area contributed by atoms with Crippen LogP contribution in [0.25, 0.3) is 17.3 Å². The molecule has 0 aliphatic heterocycles. The molecule has 0 fully saturated rings. The van der Waals surface area contributed by atoms with Gasteiger partial charge in [-0.2, -0.15) is 5.10 Å². The number of aromatic amines is 1. The number of hydrogen-bond donors (Lipinski definition) is 1. The predicted octanol–water partition coefficient (Wildman–Crippen LogP) is 4.70. The second kappa shape index (κ2) is 6.76. The van der Waals surface area contributed by atoms with Gasteiger partial charge in [0.25, 0.3) is 0 Å². The Bertz CT molecular complexity index is 959. The molecule has 0 saturated carbocycles. The van der Waals surface area contributed by atoms with Gasteiger partial charge >= 0.3 is 0 Å². The summed E-state index contributed by atoms with van der Waals surface area (Å²) in [5.74, 6) is -2.81. The fourth-order valence-electron chi connectivity index (χ4n) is 2.36. The van der Waals surface area contributed by atoms with Crippen molar-refractivity contribution in [1.29, 1.82) is 0 Å². The zero-order valence-corrected chi connectivity index (χ0v) is 13.2. The summed E-state index contributed by atoms with van der Waals surface area (Å²) in [5.41, 5.74) is 1.92. The number of aromatic nitrogens is 2. The van der Waals surface area contributed by atoms with Crippen LogP contribution in [0.4, 0.5) is 13.2 Å². The summed E-state index contributed by atoms with van der Waals surface area (Å²) in [4.78, 5) is 12.2. The van der Waals surface area contributed by atoms with E-state index in [1.807, 2.05) is 0 Å². The minimum atomic E-state index is -1.03. The Hall–Kier alpha value is -3.15. The van der Waals surface area contributed by atoms with Crippen molar-refractivity contribution in [3.8, 4) is 11.3 Å². The third kappa shape index (κ3) is 3.52. The molecular weight excluding hydrogens is 329 g/mol. The molecule has 0 atom stereocenters. The Morgan fingerprint density at radius 1 is 1.08 bits per heavy atom. The molecule has 3 rings (SSSR count). The smallest absolute Gasteiger partial charge is 0.186 e. The minimum Gasteiger partial charge on any atom is -0.289 e. The van der Waals surface area contributed by atoms with Crippen LogP contribution >= 0.6 is 0 Å². The highest BCUT2D eigenvalue weighted by atomic mass is 19.2. The maximum absolute atomic E-state index is 13.5. The Morgan fingerprint density at radius 2 is 1.80 bits per heavy atom. The predicted molar refractivity (Wildman–Crippen MR) is 88.4 cm³/mol. The molecule has 126 valence electrons. The van der Waals surface area contributed by atoms with Crippen molar-refractivity contribution >= 4 is 11.9 Å². The summed E-state index contributed by atoms with van der Waals surface area (Å²) in [6.45, 7) is 1.35. The number of carbonyl (C=O) groups excluding carboxylic acids is 1. The number of nitrogens with zero attached hydrogens (tertiary/aromatic N) is 1. The van der Waals surface area contributed by atoms with Crippen LogP contribution in [-0.2, 0) is 0 Å². The first-order valence-corrected chi connectivity index (χ1v) is 7.44. The van der Waals surface area contributed by atoms with Crippen molar-refractivity contribution in [3.05, 3.63) is 82.8 Å².